The largest absolute Gasteiger partial charge is 0.457 e. The lowest BCUT2D eigenvalue weighted by Crippen LogP contribution is -1.92. The van der Waals surface area contributed by atoms with Gasteiger partial charge in [-0.3, -0.25) is 0 Å². The van der Waals surface area contributed by atoms with Crippen LogP contribution in [0.15, 0.2) is 71.1 Å². The lowest BCUT2D eigenvalue weighted by atomic mass is 10.1. The third kappa shape index (κ3) is 2.63. The number of benzene rings is 3. The molecule has 0 aliphatic carbocycles. The van der Waals surface area contributed by atoms with Crippen molar-refractivity contribution in [3.05, 3.63) is 66.7 Å². The fourth-order valence-corrected chi connectivity index (χ4v) is 2.45. The van der Waals surface area contributed by atoms with Gasteiger partial charge in [0.05, 0.1) is 5.56 Å². The van der Waals surface area contributed by atoms with Gasteiger partial charge in [0.2, 0.25) is 5.89 Å². The number of nitrogens with zero attached hydrogens (tertiary/aromatic N) is 1. The number of oxazole rings is 1. The van der Waals surface area contributed by atoms with Crippen LogP contribution in [0.5, 0.6) is 11.5 Å². The highest BCUT2D eigenvalue weighted by Crippen LogP contribution is 2.36. The number of nitrogens with two attached hydrogens (primary N) is 2. The van der Waals surface area contributed by atoms with Gasteiger partial charge in [0.25, 0.3) is 0 Å². The first-order chi connectivity index (χ1) is 11.7. The molecule has 4 aromatic rings. The Morgan fingerprint density at radius 2 is 1.58 bits per heavy atom. The Morgan fingerprint density at radius 1 is 0.833 bits per heavy atom. The third-order valence-corrected chi connectivity index (χ3v) is 3.64. The number of nitrogen functional groups attached to an aromatic ring is 2. The number of aromatic nitrogens is 1. The summed E-state index contributed by atoms with van der Waals surface area (Å²) in [7, 11) is 0. The van der Waals surface area contributed by atoms with E-state index >= 15 is 0 Å². The average molecular weight is 317 g/mol. The molecule has 5 heteroatoms. The quantitative estimate of drug-likeness (QED) is 0.545. The molecule has 1 aromatic heterocycles. The highest BCUT2D eigenvalue weighted by molar-refractivity contribution is 5.78. The van der Waals surface area contributed by atoms with Crippen LogP contribution in [0.2, 0.25) is 0 Å². The lowest BCUT2D eigenvalue weighted by Gasteiger charge is -2.10. The molecular formula is C19H15N3O2. The van der Waals surface area contributed by atoms with Crippen molar-refractivity contribution >= 4 is 22.5 Å². The normalized spacial score (nSPS) is 10.8. The van der Waals surface area contributed by atoms with Gasteiger partial charge in [-0.25, -0.2) is 4.98 Å². The van der Waals surface area contributed by atoms with Crippen LogP contribution < -0.4 is 16.2 Å². The zero-order valence-corrected chi connectivity index (χ0v) is 12.8. The SMILES string of the molecule is Nc1ccc(Oc2ccc(N)cc2-c2nc3ccccc3o2)cc1. The molecule has 0 spiro atoms. The van der Waals surface area contributed by atoms with Crippen LogP contribution in [-0.2, 0) is 0 Å². The van der Waals surface area contributed by atoms with E-state index in [1.165, 1.54) is 0 Å². The molecule has 4 N–H and O–H groups in total. The average Bonchev–Trinajstić information content (AvgIpc) is 3.02. The highest BCUT2D eigenvalue weighted by atomic mass is 16.5. The van der Waals surface area contributed by atoms with Crippen molar-refractivity contribution in [3.8, 4) is 23.0 Å². The van der Waals surface area contributed by atoms with Crippen LogP contribution in [0.25, 0.3) is 22.6 Å². The monoisotopic (exact) mass is 317 g/mol. The molecule has 0 atom stereocenters. The molecule has 3 aromatic carbocycles. The maximum Gasteiger partial charge on any atom is 0.231 e. The van der Waals surface area contributed by atoms with Gasteiger partial charge in [-0.1, -0.05) is 12.1 Å². The van der Waals surface area contributed by atoms with E-state index in [4.69, 9.17) is 20.6 Å². The Labute approximate surface area is 138 Å². The van der Waals surface area contributed by atoms with E-state index in [0.29, 0.717) is 39.9 Å². The molecule has 0 amide bonds. The second kappa shape index (κ2) is 5.62. The molecule has 24 heavy (non-hydrogen) atoms. The van der Waals surface area contributed by atoms with E-state index in [1.54, 1.807) is 30.3 Å². The smallest absolute Gasteiger partial charge is 0.231 e. The predicted molar refractivity (Wildman–Crippen MR) is 94.8 cm³/mol. The van der Waals surface area contributed by atoms with Crippen molar-refractivity contribution in [2.45, 2.75) is 0 Å². The van der Waals surface area contributed by atoms with E-state index in [2.05, 4.69) is 4.98 Å². The molecule has 0 fully saturated rings. The highest BCUT2D eigenvalue weighted by Gasteiger charge is 2.14. The summed E-state index contributed by atoms with van der Waals surface area (Å²) in [5.41, 5.74) is 15.1. The summed E-state index contributed by atoms with van der Waals surface area (Å²) in [4.78, 5) is 4.52. The van der Waals surface area contributed by atoms with Crippen LogP contribution >= 0.6 is 0 Å². The molecule has 0 aliphatic rings. The molecule has 0 saturated heterocycles. The van der Waals surface area contributed by atoms with E-state index in [0.717, 1.165) is 5.52 Å². The minimum Gasteiger partial charge on any atom is -0.457 e. The van der Waals surface area contributed by atoms with Crippen LogP contribution in [0, 0.1) is 0 Å². The lowest BCUT2D eigenvalue weighted by molar-refractivity contribution is 0.481. The first-order valence-corrected chi connectivity index (χ1v) is 7.48. The summed E-state index contributed by atoms with van der Waals surface area (Å²) < 4.78 is 11.8. The molecule has 1 heterocycles. The molecule has 5 nitrogen and oxygen atoms in total. The fourth-order valence-electron chi connectivity index (χ4n) is 2.45. The summed E-state index contributed by atoms with van der Waals surface area (Å²) >= 11 is 0. The minimum absolute atomic E-state index is 0.467. The van der Waals surface area contributed by atoms with Crippen molar-refractivity contribution in [2.24, 2.45) is 0 Å². The van der Waals surface area contributed by atoms with Gasteiger partial charge in [-0.2, -0.15) is 0 Å². The molecule has 0 unspecified atom stereocenters. The maximum absolute atomic E-state index is 5.96. The van der Waals surface area contributed by atoms with Crippen LogP contribution in [0.1, 0.15) is 0 Å². The van der Waals surface area contributed by atoms with Gasteiger partial charge < -0.3 is 20.6 Å². The molecule has 4 rings (SSSR count). The van der Waals surface area contributed by atoms with Crippen LogP contribution in [0.3, 0.4) is 0 Å². The minimum atomic E-state index is 0.467. The van der Waals surface area contributed by atoms with Crippen molar-refractivity contribution in [1.82, 2.24) is 4.98 Å². The van der Waals surface area contributed by atoms with Gasteiger partial charge in [-0.15, -0.1) is 0 Å². The Kier molecular flexibility index (Phi) is 3.31. The number of ether oxygens (including phenoxy) is 1. The Bertz CT molecular complexity index is 974. The number of fused-ring (bicyclic) bond motifs is 1. The Hall–Kier alpha value is -3.47. The number of anilines is 2. The second-order valence-corrected chi connectivity index (χ2v) is 5.41. The molecule has 0 radical (unpaired) electrons. The van der Waals surface area contributed by atoms with Gasteiger partial charge in [0.1, 0.15) is 17.0 Å². The van der Waals surface area contributed by atoms with Crippen LogP contribution in [-0.4, -0.2) is 4.98 Å². The predicted octanol–water partition coefficient (Wildman–Crippen LogP) is 4.45. The number of hydrogen-bond acceptors (Lipinski definition) is 5. The molecule has 0 saturated carbocycles. The van der Waals surface area contributed by atoms with Gasteiger partial charge in [-0.05, 0) is 54.6 Å². The third-order valence-electron chi connectivity index (χ3n) is 3.64. The summed E-state index contributed by atoms with van der Waals surface area (Å²) in [6, 6.07) is 20.1. The van der Waals surface area contributed by atoms with Gasteiger partial charge in [0.15, 0.2) is 5.58 Å². The van der Waals surface area contributed by atoms with Crippen LogP contribution in [0.4, 0.5) is 11.4 Å². The Morgan fingerprint density at radius 3 is 2.38 bits per heavy atom. The Balaban J connectivity index is 1.79. The fraction of sp³-hybridized carbons (Fsp3) is 0. The molecule has 0 bridgehead atoms. The molecular weight excluding hydrogens is 302 g/mol. The zero-order valence-electron chi connectivity index (χ0n) is 12.8. The van der Waals surface area contributed by atoms with Crippen molar-refractivity contribution in [3.63, 3.8) is 0 Å². The van der Waals surface area contributed by atoms with E-state index in [9.17, 15) is 0 Å². The first-order valence-electron chi connectivity index (χ1n) is 7.48. The number of hydrogen-bond donors (Lipinski definition) is 2. The van der Waals surface area contributed by atoms with Gasteiger partial charge in [0, 0.05) is 11.4 Å². The maximum atomic E-state index is 5.96. The van der Waals surface area contributed by atoms with E-state index in [-0.39, 0.29) is 0 Å². The summed E-state index contributed by atoms with van der Waals surface area (Å²) in [5.74, 6) is 1.75. The van der Waals surface area contributed by atoms with Gasteiger partial charge >= 0.3 is 0 Å². The van der Waals surface area contributed by atoms with E-state index < -0.39 is 0 Å². The van der Waals surface area contributed by atoms with Crippen molar-refractivity contribution < 1.29 is 9.15 Å². The zero-order chi connectivity index (χ0) is 16.5. The van der Waals surface area contributed by atoms with E-state index in [1.807, 2.05) is 36.4 Å². The first kappa shape index (κ1) is 14.1. The van der Waals surface area contributed by atoms with Crippen molar-refractivity contribution in [2.75, 3.05) is 11.5 Å². The number of rotatable bonds is 3. The second-order valence-electron chi connectivity index (χ2n) is 5.41. The summed E-state index contributed by atoms with van der Waals surface area (Å²) in [6.45, 7) is 0. The topological polar surface area (TPSA) is 87.3 Å². The standard InChI is InChI=1S/C19H15N3O2/c20-12-5-8-14(9-6-12)23-17-10-7-13(21)11-15(17)19-22-16-3-1-2-4-18(16)24-19/h1-11H,20-21H2. The van der Waals surface area contributed by atoms with Crippen molar-refractivity contribution in [1.29, 1.82) is 0 Å². The summed E-state index contributed by atoms with van der Waals surface area (Å²) in [5, 5.41) is 0. The number of para-hydroxylation sites is 2. The summed E-state index contributed by atoms with van der Waals surface area (Å²) in [6.07, 6.45) is 0. The molecule has 118 valence electrons. The molecule has 0 aliphatic heterocycles.